The molecule has 1 amide bonds. The molecular formula is C18H21ClN2O5S. The van der Waals surface area contributed by atoms with Crippen molar-refractivity contribution in [1.29, 1.82) is 0 Å². The van der Waals surface area contributed by atoms with Crippen LogP contribution in [0.2, 0.25) is 5.02 Å². The average molecular weight is 413 g/mol. The molecular weight excluding hydrogens is 392 g/mol. The van der Waals surface area contributed by atoms with E-state index in [0.29, 0.717) is 22.2 Å². The second-order valence-electron chi connectivity index (χ2n) is 5.62. The lowest BCUT2D eigenvalue weighted by Gasteiger charge is -2.22. The molecule has 0 atom stereocenters. The van der Waals surface area contributed by atoms with Crippen molar-refractivity contribution >= 4 is 33.2 Å². The number of amides is 1. The van der Waals surface area contributed by atoms with E-state index in [1.165, 1.54) is 7.11 Å². The summed E-state index contributed by atoms with van der Waals surface area (Å²) >= 11 is 5.79. The largest absolute Gasteiger partial charge is 0.497 e. The van der Waals surface area contributed by atoms with Crippen LogP contribution in [0, 0.1) is 0 Å². The van der Waals surface area contributed by atoms with Gasteiger partial charge in [-0.25, -0.2) is 8.42 Å². The van der Waals surface area contributed by atoms with E-state index in [1.54, 1.807) is 48.5 Å². The van der Waals surface area contributed by atoms with Crippen molar-refractivity contribution in [3.63, 3.8) is 0 Å². The summed E-state index contributed by atoms with van der Waals surface area (Å²) in [7, 11) is -2.11. The standard InChI is InChI=1S/C18H21ClN2O5S/c1-25-16-9-5-15(6-10-16)21(27(2,23)24)13-18(22)20-11-12-26-17-7-3-14(19)4-8-17/h3-10H,11-13H2,1-2H3,(H,20,22). The van der Waals surface area contributed by atoms with Gasteiger partial charge in [-0.15, -0.1) is 0 Å². The predicted molar refractivity (Wildman–Crippen MR) is 105 cm³/mol. The first-order chi connectivity index (χ1) is 12.8. The molecule has 0 fully saturated rings. The summed E-state index contributed by atoms with van der Waals surface area (Å²) in [6, 6.07) is 13.3. The van der Waals surface area contributed by atoms with Crippen LogP contribution in [0.3, 0.4) is 0 Å². The number of hydrogen-bond donors (Lipinski definition) is 1. The minimum absolute atomic E-state index is 0.238. The fourth-order valence-corrected chi connectivity index (χ4v) is 3.21. The highest BCUT2D eigenvalue weighted by molar-refractivity contribution is 7.92. The van der Waals surface area contributed by atoms with Gasteiger partial charge in [0.1, 0.15) is 24.7 Å². The molecule has 2 aromatic carbocycles. The minimum Gasteiger partial charge on any atom is -0.497 e. The molecule has 0 unspecified atom stereocenters. The molecule has 9 heteroatoms. The van der Waals surface area contributed by atoms with Gasteiger partial charge in [-0.2, -0.15) is 0 Å². The zero-order chi connectivity index (χ0) is 19.9. The molecule has 0 aliphatic heterocycles. The Morgan fingerprint density at radius 3 is 2.22 bits per heavy atom. The summed E-state index contributed by atoms with van der Waals surface area (Å²) in [5.74, 6) is 0.789. The first kappa shape index (κ1) is 20.9. The molecule has 0 aromatic heterocycles. The first-order valence-corrected chi connectivity index (χ1v) is 10.3. The fraction of sp³-hybridized carbons (Fsp3) is 0.278. The van der Waals surface area contributed by atoms with Crippen molar-refractivity contribution in [3.8, 4) is 11.5 Å². The third-order valence-corrected chi connectivity index (χ3v) is 4.95. The lowest BCUT2D eigenvalue weighted by molar-refractivity contribution is -0.119. The summed E-state index contributed by atoms with van der Waals surface area (Å²) in [4.78, 5) is 12.1. The van der Waals surface area contributed by atoms with Crippen molar-refractivity contribution in [1.82, 2.24) is 5.32 Å². The summed E-state index contributed by atoms with van der Waals surface area (Å²) in [6.45, 7) is 0.155. The number of ether oxygens (including phenoxy) is 2. The SMILES string of the molecule is COc1ccc(N(CC(=O)NCCOc2ccc(Cl)cc2)S(C)(=O)=O)cc1. The van der Waals surface area contributed by atoms with Crippen LogP contribution in [0.1, 0.15) is 0 Å². The molecule has 0 saturated heterocycles. The number of benzene rings is 2. The van der Waals surface area contributed by atoms with E-state index in [4.69, 9.17) is 21.1 Å². The molecule has 0 spiro atoms. The Morgan fingerprint density at radius 1 is 1.07 bits per heavy atom. The van der Waals surface area contributed by atoms with E-state index < -0.39 is 15.9 Å². The van der Waals surface area contributed by atoms with Crippen LogP contribution in [0.4, 0.5) is 5.69 Å². The van der Waals surface area contributed by atoms with E-state index in [0.717, 1.165) is 10.6 Å². The van der Waals surface area contributed by atoms with Crippen LogP contribution in [0.25, 0.3) is 0 Å². The van der Waals surface area contributed by atoms with Crippen LogP contribution in [0.5, 0.6) is 11.5 Å². The van der Waals surface area contributed by atoms with Crippen molar-refractivity contribution in [2.75, 3.05) is 37.4 Å². The molecule has 7 nitrogen and oxygen atoms in total. The van der Waals surface area contributed by atoms with Crippen LogP contribution < -0.4 is 19.1 Å². The Morgan fingerprint density at radius 2 is 1.67 bits per heavy atom. The summed E-state index contributed by atoms with van der Waals surface area (Å²) in [6.07, 6.45) is 1.05. The van der Waals surface area contributed by atoms with Gasteiger partial charge in [0.25, 0.3) is 0 Å². The second-order valence-corrected chi connectivity index (χ2v) is 7.96. The van der Waals surface area contributed by atoms with Crippen molar-refractivity contribution < 1.29 is 22.7 Å². The Kier molecular flexibility index (Phi) is 7.32. The third-order valence-electron chi connectivity index (χ3n) is 3.55. The van der Waals surface area contributed by atoms with Crippen molar-refractivity contribution in [2.24, 2.45) is 0 Å². The number of carbonyl (C=O) groups excluding carboxylic acids is 1. The second kappa shape index (κ2) is 9.48. The average Bonchev–Trinajstić information content (AvgIpc) is 2.64. The van der Waals surface area contributed by atoms with Crippen LogP contribution >= 0.6 is 11.6 Å². The Balaban J connectivity index is 1.88. The normalized spacial score (nSPS) is 10.9. The first-order valence-electron chi connectivity index (χ1n) is 8.06. The summed E-state index contributed by atoms with van der Waals surface area (Å²) in [5.41, 5.74) is 0.380. The zero-order valence-corrected chi connectivity index (χ0v) is 16.6. The van der Waals surface area contributed by atoms with Gasteiger partial charge in [0.15, 0.2) is 0 Å². The van der Waals surface area contributed by atoms with Gasteiger partial charge < -0.3 is 14.8 Å². The number of rotatable bonds is 9. The highest BCUT2D eigenvalue weighted by Gasteiger charge is 2.20. The number of halogens is 1. The Bertz CT molecular complexity index is 854. The number of hydrogen-bond acceptors (Lipinski definition) is 5. The maximum absolute atomic E-state index is 12.1. The smallest absolute Gasteiger partial charge is 0.240 e. The van der Waals surface area contributed by atoms with E-state index >= 15 is 0 Å². The van der Waals surface area contributed by atoms with Gasteiger partial charge in [-0.05, 0) is 48.5 Å². The monoisotopic (exact) mass is 412 g/mol. The molecule has 0 aliphatic rings. The van der Waals surface area contributed by atoms with E-state index in [9.17, 15) is 13.2 Å². The number of carbonyl (C=O) groups is 1. The molecule has 146 valence electrons. The van der Waals surface area contributed by atoms with Crippen LogP contribution in [-0.2, 0) is 14.8 Å². The third kappa shape index (κ3) is 6.65. The number of nitrogens with zero attached hydrogens (tertiary/aromatic N) is 1. The zero-order valence-electron chi connectivity index (χ0n) is 15.0. The van der Waals surface area contributed by atoms with Crippen LogP contribution in [0.15, 0.2) is 48.5 Å². The topological polar surface area (TPSA) is 84.9 Å². The Labute approximate surface area is 163 Å². The van der Waals surface area contributed by atoms with Gasteiger partial charge in [0.2, 0.25) is 15.9 Å². The van der Waals surface area contributed by atoms with E-state index in [2.05, 4.69) is 5.32 Å². The van der Waals surface area contributed by atoms with E-state index in [1.807, 2.05) is 0 Å². The molecule has 0 heterocycles. The molecule has 0 radical (unpaired) electrons. The highest BCUT2D eigenvalue weighted by Crippen LogP contribution is 2.21. The maximum Gasteiger partial charge on any atom is 0.240 e. The number of nitrogens with one attached hydrogen (secondary N) is 1. The number of methoxy groups -OCH3 is 1. The highest BCUT2D eigenvalue weighted by atomic mass is 35.5. The van der Waals surface area contributed by atoms with Gasteiger partial charge in [-0.1, -0.05) is 11.6 Å². The molecule has 27 heavy (non-hydrogen) atoms. The van der Waals surface area contributed by atoms with E-state index in [-0.39, 0.29) is 19.7 Å². The number of anilines is 1. The van der Waals surface area contributed by atoms with Crippen molar-refractivity contribution in [2.45, 2.75) is 0 Å². The maximum atomic E-state index is 12.1. The Hall–Kier alpha value is -2.45. The quantitative estimate of drug-likeness (QED) is 0.639. The summed E-state index contributed by atoms with van der Waals surface area (Å²) in [5, 5.41) is 3.24. The molecule has 0 aliphatic carbocycles. The fourth-order valence-electron chi connectivity index (χ4n) is 2.22. The van der Waals surface area contributed by atoms with Gasteiger partial charge in [0, 0.05) is 5.02 Å². The van der Waals surface area contributed by atoms with Gasteiger partial charge in [-0.3, -0.25) is 9.10 Å². The molecule has 1 N–H and O–H groups in total. The minimum atomic E-state index is -3.62. The lowest BCUT2D eigenvalue weighted by Crippen LogP contribution is -2.41. The van der Waals surface area contributed by atoms with Crippen molar-refractivity contribution in [3.05, 3.63) is 53.6 Å². The predicted octanol–water partition coefficient (Wildman–Crippen LogP) is 2.31. The van der Waals surface area contributed by atoms with Crippen LogP contribution in [-0.4, -0.2) is 47.4 Å². The van der Waals surface area contributed by atoms with Gasteiger partial charge in [0.05, 0.1) is 25.6 Å². The molecule has 2 rings (SSSR count). The molecule has 0 saturated carbocycles. The molecule has 0 bridgehead atoms. The molecule has 2 aromatic rings. The lowest BCUT2D eigenvalue weighted by atomic mass is 10.3. The summed E-state index contributed by atoms with van der Waals surface area (Å²) < 4.78 is 35.6. The van der Waals surface area contributed by atoms with Gasteiger partial charge >= 0.3 is 0 Å². The number of sulfonamides is 1.